The largest absolute Gasteiger partial charge is 0.465 e. The zero-order chi connectivity index (χ0) is 21.6. The fourth-order valence-electron chi connectivity index (χ4n) is 2.71. The van der Waals surface area contributed by atoms with Crippen LogP contribution in [0.3, 0.4) is 0 Å². The van der Waals surface area contributed by atoms with Crippen molar-refractivity contribution in [2.75, 3.05) is 11.8 Å². The zero-order valence-electron chi connectivity index (χ0n) is 15.1. The number of benzene rings is 2. The Morgan fingerprint density at radius 3 is 2.45 bits per heavy atom. The van der Waals surface area contributed by atoms with Crippen molar-refractivity contribution in [1.29, 1.82) is 0 Å². The monoisotopic (exact) mass is 458 g/mol. The molecule has 8 nitrogen and oxygen atoms in total. The first kappa shape index (κ1) is 21.2. The van der Waals surface area contributed by atoms with E-state index < -0.39 is 36.7 Å². The van der Waals surface area contributed by atoms with Gasteiger partial charge in [0.15, 0.2) is 0 Å². The van der Waals surface area contributed by atoms with Gasteiger partial charge in [-0.3, -0.25) is 4.72 Å². The lowest BCUT2D eigenvalue weighted by Crippen LogP contribution is -2.19. The minimum Gasteiger partial charge on any atom is -0.465 e. The third-order valence-electron chi connectivity index (χ3n) is 4.05. The van der Waals surface area contributed by atoms with Crippen LogP contribution in [0.1, 0.15) is 15.9 Å². The molecule has 0 bridgehead atoms. The lowest BCUT2D eigenvalue weighted by Gasteiger charge is -2.12. The van der Waals surface area contributed by atoms with Crippen LogP contribution in [0.25, 0.3) is 10.1 Å². The quantitative estimate of drug-likeness (QED) is 0.565. The highest BCUT2D eigenvalue weighted by Gasteiger charge is 2.26. The van der Waals surface area contributed by atoms with E-state index in [1.54, 1.807) is 0 Å². The second-order valence-corrected chi connectivity index (χ2v) is 10.5. The van der Waals surface area contributed by atoms with Crippen LogP contribution in [0.4, 0.5) is 10.1 Å². The third kappa shape index (κ3) is 4.10. The van der Waals surface area contributed by atoms with E-state index in [1.165, 1.54) is 31.2 Å². The Morgan fingerprint density at radius 1 is 1.14 bits per heavy atom. The summed E-state index contributed by atoms with van der Waals surface area (Å²) in [4.78, 5) is 11.1. The molecule has 12 heteroatoms. The summed E-state index contributed by atoms with van der Waals surface area (Å²) < 4.78 is 70.4. The maximum atomic E-state index is 13.5. The van der Waals surface area contributed by atoms with Crippen LogP contribution >= 0.6 is 11.3 Å². The Balaban J connectivity index is 2.12. The minimum absolute atomic E-state index is 0.101. The predicted octanol–water partition coefficient (Wildman–Crippen LogP) is 2.58. The Bertz CT molecular complexity index is 1350. The fraction of sp³-hybridized carbons (Fsp3) is 0.118. The topological polar surface area (TPSA) is 133 Å². The van der Waals surface area contributed by atoms with E-state index in [2.05, 4.69) is 9.46 Å². The second-order valence-electron chi connectivity index (χ2n) is 6.01. The van der Waals surface area contributed by atoms with Crippen LogP contribution in [0.5, 0.6) is 0 Å². The number of methoxy groups -OCH3 is 1. The molecule has 0 aliphatic heterocycles. The fourth-order valence-corrected chi connectivity index (χ4v) is 6.31. The molecule has 3 rings (SSSR count). The van der Waals surface area contributed by atoms with Gasteiger partial charge in [0.25, 0.3) is 10.0 Å². The van der Waals surface area contributed by atoms with Crippen molar-refractivity contribution in [3.8, 4) is 0 Å². The van der Waals surface area contributed by atoms with E-state index in [-0.39, 0.29) is 15.5 Å². The average molecular weight is 459 g/mol. The smallest absolute Gasteiger partial charge is 0.337 e. The number of thiophene rings is 1. The highest BCUT2D eigenvalue weighted by molar-refractivity contribution is 7.95. The van der Waals surface area contributed by atoms with E-state index in [9.17, 15) is 26.0 Å². The lowest BCUT2D eigenvalue weighted by molar-refractivity contribution is 0.0600. The van der Waals surface area contributed by atoms with Crippen molar-refractivity contribution in [2.45, 2.75) is 16.0 Å². The van der Waals surface area contributed by atoms with E-state index >= 15 is 0 Å². The number of nitrogens with one attached hydrogen (secondary N) is 1. The number of aryl methyl sites for hydroxylation is 1. The van der Waals surface area contributed by atoms with Gasteiger partial charge in [0.2, 0.25) is 10.0 Å². The second kappa shape index (κ2) is 7.37. The summed E-state index contributed by atoms with van der Waals surface area (Å²) in [6.45, 7) is 1.52. The summed E-state index contributed by atoms with van der Waals surface area (Å²) >= 11 is 0.912. The molecule has 0 saturated carbocycles. The number of rotatable bonds is 5. The normalized spacial score (nSPS) is 12.1. The molecule has 0 aliphatic carbocycles. The lowest BCUT2D eigenvalue weighted by atomic mass is 10.2. The predicted molar refractivity (Wildman–Crippen MR) is 106 cm³/mol. The molecule has 29 heavy (non-hydrogen) atoms. The first-order valence-corrected chi connectivity index (χ1v) is 11.8. The SMILES string of the molecule is COC(=O)c1ccc(NS(=O)(=O)c2sc3ccc(F)cc3c2C)c(S(N)(=O)=O)c1. The van der Waals surface area contributed by atoms with Crippen molar-refractivity contribution in [2.24, 2.45) is 5.14 Å². The van der Waals surface area contributed by atoms with Crippen molar-refractivity contribution in [3.05, 3.63) is 53.3 Å². The van der Waals surface area contributed by atoms with Crippen LogP contribution in [-0.4, -0.2) is 29.9 Å². The first-order valence-electron chi connectivity index (χ1n) is 7.90. The van der Waals surface area contributed by atoms with Gasteiger partial charge >= 0.3 is 5.97 Å². The van der Waals surface area contributed by atoms with Gasteiger partial charge in [-0.25, -0.2) is 31.2 Å². The third-order valence-corrected chi connectivity index (χ3v) is 8.26. The molecule has 2 aromatic carbocycles. The Morgan fingerprint density at radius 2 is 1.83 bits per heavy atom. The van der Waals surface area contributed by atoms with Crippen molar-refractivity contribution < 1.29 is 30.8 Å². The molecule has 0 amide bonds. The van der Waals surface area contributed by atoms with Crippen LogP contribution in [0.15, 0.2) is 45.5 Å². The number of anilines is 1. The average Bonchev–Trinajstić information content (AvgIpc) is 2.97. The summed E-state index contributed by atoms with van der Waals surface area (Å²) in [6.07, 6.45) is 0. The molecule has 154 valence electrons. The summed E-state index contributed by atoms with van der Waals surface area (Å²) in [5, 5.41) is 5.61. The molecule has 0 atom stereocenters. The molecular formula is C17H15FN2O6S3. The van der Waals surface area contributed by atoms with E-state index in [4.69, 9.17) is 5.14 Å². The number of carbonyl (C=O) groups excluding carboxylic acids is 1. The number of sulfonamides is 2. The Labute approximate surface area is 170 Å². The number of primary sulfonamides is 1. The van der Waals surface area contributed by atoms with Crippen LogP contribution in [0.2, 0.25) is 0 Å². The number of hydrogen-bond donors (Lipinski definition) is 2. The van der Waals surface area contributed by atoms with Gasteiger partial charge in [0, 0.05) is 4.70 Å². The van der Waals surface area contributed by atoms with Crippen molar-refractivity contribution in [3.63, 3.8) is 0 Å². The van der Waals surface area contributed by atoms with Gasteiger partial charge in [-0.1, -0.05) is 0 Å². The van der Waals surface area contributed by atoms with E-state index in [0.29, 0.717) is 15.6 Å². The first-order chi connectivity index (χ1) is 13.4. The molecule has 3 N–H and O–H groups in total. The number of ether oxygens (including phenoxy) is 1. The summed E-state index contributed by atoms with van der Waals surface area (Å²) in [7, 11) is -7.49. The van der Waals surface area contributed by atoms with Crippen molar-refractivity contribution in [1.82, 2.24) is 0 Å². The van der Waals surface area contributed by atoms with Gasteiger partial charge in [0.05, 0.1) is 18.4 Å². The molecule has 0 aliphatic rings. The molecule has 0 spiro atoms. The number of hydrogen-bond acceptors (Lipinski definition) is 7. The van der Waals surface area contributed by atoms with E-state index in [0.717, 1.165) is 30.6 Å². The molecular weight excluding hydrogens is 443 g/mol. The molecule has 0 unspecified atom stereocenters. The van der Waals surface area contributed by atoms with Gasteiger partial charge in [0.1, 0.15) is 14.9 Å². The van der Waals surface area contributed by atoms with Crippen LogP contribution < -0.4 is 9.86 Å². The molecule has 3 aromatic rings. The highest BCUT2D eigenvalue weighted by Crippen LogP contribution is 2.36. The summed E-state index contributed by atoms with van der Waals surface area (Å²) in [6, 6.07) is 7.12. The number of carbonyl (C=O) groups is 1. The number of fused-ring (bicyclic) bond motifs is 1. The van der Waals surface area contributed by atoms with Crippen LogP contribution in [0, 0.1) is 12.7 Å². The minimum atomic E-state index is -4.37. The molecule has 0 fully saturated rings. The van der Waals surface area contributed by atoms with Gasteiger partial charge in [-0.05, 0) is 54.3 Å². The van der Waals surface area contributed by atoms with Gasteiger partial charge in [-0.2, -0.15) is 0 Å². The highest BCUT2D eigenvalue weighted by atomic mass is 32.2. The Kier molecular flexibility index (Phi) is 5.38. The number of nitrogens with two attached hydrogens (primary N) is 1. The summed E-state index contributed by atoms with van der Waals surface area (Å²) in [5.41, 5.74) is -0.128. The Hall–Kier alpha value is -2.54. The van der Waals surface area contributed by atoms with Crippen molar-refractivity contribution >= 4 is 53.1 Å². The number of esters is 1. The van der Waals surface area contributed by atoms with Gasteiger partial charge in [-0.15, -0.1) is 11.3 Å². The zero-order valence-corrected chi connectivity index (χ0v) is 17.5. The maximum Gasteiger partial charge on any atom is 0.337 e. The molecule has 0 radical (unpaired) electrons. The van der Waals surface area contributed by atoms with E-state index in [1.807, 2.05) is 0 Å². The number of halogens is 1. The molecule has 1 heterocycles. The summed E-state index contributed by atoms with van der Waals surface area (Å²) in [5.74, 6) is -1.32. The molecule has 0 saturated heterocycles. The van der Waals surface area contributed by atoms with Gasteiger partial charge < -0.3 is 4.74 Å². The standard InChI is InChI=1S/C17H15FN2O6S3/c1-9-12-8-11(18)4-6-14(12)27-17(9)29(24,25)20-13-5-3-10(16(21)26-2)7-15(13)28(19,22)23/h3-8,20H,1-2H3,(H2,19,22,23). The van der Waals surface area contributed by atoms with Crippen LogP contribution in [-0.2, 0) is 24.8 Å². The maximum absolute atomic E-state index is 13.5. The molecule has 1 aromatic heterocycles.